The van der Waals surface area contributed by atoms with Crippen LogP contribution < -0.4 is 4.74 Å². The molecular weight excluding hydrogens is 232 g/mol. The molecular formula is C13H14N2O3. The van der Waals surface area contributed by atoms with Crippen molar-refractivity contribution in [3.8, 4) is 16.9 Å². The molecule has 0 atom stereocenters. The Kier molecular flexibility index (Phi) is 3.62. The van der Waals surface area contributed by atoms with Gasteiger partial charge in [0.05, 0.1) is 13.3 Å². The number of aryl methyl sites for hydroxylation is 1. The van der Waals surface area contributed by atoms with Crippen LogP contribution in [0.4, 0.5) is 0 Å². The maximum Gasteiger partial charge on any atom is 0.343 e. The van der Waals surface area contributed by atoms with Crippen LogP contribution in [0.15, 0.2) is 30.5 Å². The van der Waals surface area contributed by atoms with Gasteiger partial charge < -0.3 is 9.47 Å². The predicted octanol–water partition coefficient (Wildman–Crippen LogP) is 1.94. The normalized spacial score (nSPS) is 10.1. The van der Waals surface area contributed by atoms with Gasteiger partial charge in [-0.3, -0.25) is 5.10 Å². The average molecular weight is 246 g/mol. The molecule has 0 amide bonds. The Morgan fingerprint density at radius 1 is 1.44 bits per heavy atom. The third-order valence-electron chi connectivity index (χ3n) is 2.56. The van der Waals surface area contributed by atoms with Crippen molar-refractivity contribution in [2.24, 2.45) is 0 Å². The molecule has 5 heteroatoms. The fourth-order valence-electron chi connectivity index (χ4n) is 1.60. The first-order valence-electron chi connectivity index (χ1n) is 5.50. The van der Waals surface area contributed by atoms with Crippen LogP contribution >= 0.6 is 0 Å². The second-order valence-electron chi connectivity index (χ2n) is 3.80. The first-order valence-corrected chi connectivity index (χ1v) is 5.50. The van der Waals surface area contributed by atoms with Gasteiger partial charge in [-0.2, -0.15) is 5.10 Å². The van der Waals surface area contributed by atoms with Crippen LogP contribution in [-0.2, 0) is 9.53 Å². The van der Waals surface area contributed by atoms with Crippen LogP contribution in [0.25, 0.3) is 11.1 Å². The molecule has 5 nitrogen and oxygen atoms in total. The van der Waals surface area contributed by atoms with E-state index in [4.69, 9.17) is 4.74 Å². The maximum atomic E-state index is 11.0. The number of aromatic amines is 1. The van der Waals surface area contributed by atoms with E-state index in [0.29, 0.717) is 5.75 Å². The number of hydrogen-bond acceptors (Lipinski definition) is 4. The predicted molar refractivity (Wildman–Crippen MR) is 66.3 cm³/mol. The zero-order valence-electron chi connectivity index (χ0n) is 10.3. The summed E-state index contributed by atoms with van der Waals surface area (Å²) in [4.78, 5) is 11.0. The molecule has 0 saturated heterocycles. The summed E-state index contributed by atoms with van der Waals surface area (Å²) in [5.41, 5.74) is 2.99. The summed E-state index contributed by atoms with van der Waals surface area (Å²) in [6.45, 7) is 1.86. The number of hydrogen-bond donors (Lipinski definition) is 1. The monoisotopic (exact) mass is 246 g/mol. The second kappa shape index (κ2) is 5.35. The van der Waals surface area contributed by atoms with Gasteiger partial charge in [-0.1, -0.05) is 12.1 Å². The molecule has 1 heterocycles. The molecule has 0 radical (unpaired) electrons. The molecule has 1 N–H and O–H groups in total. The Bertz CT molecular complexity index is 549. The Balaban J connectivity index is 2.15. The SMILES string of the molecule is COC(=O)COc1cccc(-c2cn[nH]c2C)c1. The van der Waals surface area contributed by atoms with Crippen LogP contribution in [0, 0.1) is 6.92 Å². The first-order chi connectivity index (χ1) is 8.70. The van der Waals surface area contributed by atoms with E-state index in [-0.39, 0.29) is 6.61 Å². The summed E-state index contributed by atoms with van der Waals surface area (Å²) in [6, 6.07) is 7.49. The molecule has 1 aromatic heterocycles. The number of ether oxygens (including phenoxy) is 2. The van der Waals surface area contributed by atoms with Crippen LogP contribution in [-0.4, -0.2) is 29.9 Å². The Morgan fingerprint density at radius 3 is 2.94 bits per heavy atom. The molecule has 0 aliphatic carbocycles. The van der Waals surface area contributed by atoms with Gasteiger partial charge in [0.1, 0.15) is 5.75 Å². The highest BCUT2D eigenvalue weighted by molar-refractivity contribution is 5.71. The number of nitrogens with one attached hydrogen (secondary N) is 1. The van der Waals surface area contributed by atoms with Gasteiger partial charge in [0, 0.05) is 11.3 Å². The van der Waals surface area contributed by atoms with E-state index in [1.807, 2.05) is 25.1 Å². The second-order valence-corrected chi connectivity index (χ2v) is 3.80. The number of carbonyl (C=O) groups is 1. The van der Waals surface area contributed by atoms with Crippen molar-refractivity contribution in [1.82, 2.24) is 10.2 Å². The molecule has 2 rings (SSSR count). The number of nitrogens with zero attached hydrogens (tertiary/aromatic N) is 1. The molecule has 0 unspecified atom stereocenters. The van der Waals surface area contributed by atoms with Gasteiger partial charge in [-0.05, 0) is 24.6 Å². The third kappa shape index (κ3) is 2.68. The average Bonchev–Trinajstić information content (AvgIpc) is 2.82. The lowest BCUT2D eigenvalue weighted by Gasteiger charge is -2.06. The van der Waals surface area contributed by atoms with Crippen molar-refractivity contribution >= 4 is 5.97 Å². The number of H-pyrrole nitrogens is 1. The summed E-state index contributed by atoms with van der Waals surface area (Å²) < 4.78 is 9.85. The van der Waals surface area contributed by atoms with Crippen molar-refractivity contribution in [2.75, 3.05) is 13.7 Å². The Morgan fingerprint density at radius 2 is 2.28 bits per heavy atom. The van der Waals surface area contributed by atoms with Crippen molar-refractivity contribution in [3.05, 3.63) is 36.2 Å². The van der Waals surface area contributed by atoms with Crippen LogP contribution in [0.3, 0.4) is 0 Å². The summed E-state index contributed by atoms with van der Waals surface area (Å²) in [6.07, 6.45) is 1.76. The lowest BCUT2D eigenvalue weighted by atomic mass is 10.1. The van der Waals surface area contributed by atoms with E-state index in [9.17, 15) is 4.79 Å². The minimum atomic E-state index is -0.403. The van der Waals surface area contributed by atoms with Crippen molar-refractivity contribution in [3.63, 3.8) is 0 Å². The molecule has 94 valence electrons. The first kappa shape index (κ1) is 12.2. The minimum absolute atomic E-state index is 0.0929. The van der Waals surface area contributed by atoms with E-state index >= 15 is 0 Å². The molecule has 0 spiro atoms. The summed E-state index contributed by atoms with van der Waals surface area (Å²) in [7, 11) is 1.33. The van der Waals surface area contributed by atoms with Gasteiger partial charge >= 0.3 is 5.97 Å². The lowest BCUT2D eigenvalue weighted by Crippen LogP contribution is -2.12. The highest BCUT2D eigenvalue weighted by atomic mass is 16.6. The highest BCUT2D eigenvalue weighted by Gasteiger charge is 2.06. The summed E-state index contributed by atoms with van der Waals surface area (Å²) in [5.74, 6) is 0.221. The molecule has 0 fully saturated rings. The number of aromatic nitrogens is 2. The molecule has 2 aromatic rings. The molecule has 0 bridgehead atoms. The van der Waals surface area contributed by atoms with E-state index in [2.05, 4.69) is 14.9 Å². The molecule has 0 aliphatic heterocycles. The molecule has 0 saturated carbocycles. The van der Waals surface area contributed by atoms with Crippen molar-refractivity contribution in [2.45, 2.75) is 6.92 Å². The number of rotatable bonds is 4. The number of esters is 1. The minimum Gasteiger partial charge on any atom is -0.482 e. The largest absolute Gasteiger partial charge is 0.482 e. The van der Waals surface area contributed by atoms with Gasteiger partial charge in [-0.25, -0.2) is 4.79 Å². The molecule has 18 heavy (non-hydrogen) atoms. The molecule has 0 aliphatic rings. The van der Waals surface area contributed by atoms with Gasteiger partial charge in [-0.15, -0.1) is 0 Å². The van der Waals surface area contributed by atoms with E-state index < -0.39 is 5.97 Å². The van der Waals surface area contributed by atoms with E-state index in [1.54, 1.807) is 12.3 Å². The van der Waals surface area contributed by atoms with Gasteiger partial charge in [0.2, 0.25) is 0 Å². The van der Waals surface area contributed by atoms with Crippen molar-refractivity contribution in [1.29, 1.82) is 0 Å². The zero-order valence-corrected chi connectivity index (χ0v) is 10.3. The lowest BCUT2D eigenvalue weighted by molar-refractivity contribution is -0.142. The Labute approximate surface area is 105 Å². The number of carbonyl (C=O) groups excluding carboxylic acids is 1. The smallest absolute Gasteiger partial charge is 0.343 e. The Hall–Kier alpha value is -2.30. The van der Waals surface area contributed by atoms with Crippen molar-refractivity contribution < 1.29 is 14.3 Å². The van der Waals surface area contributed by atoms with Crippen LogP contribution in [0.2, 0.25) is 0 Å². The highest BCUT2D eigenvalue weighted by Crippen LogP contribution is 2.25. The maximum absolute atomic E-state index is 11.0. The molecule has 1 aromatic carbocycles. The van der Waals surface area contributed by atoms with Gasteiger partial charge in [0.25, 0.3) is 0 Å². The van der Waals surface area contributed by atoms with E-state index in [1.165, 1.54) is 7.11 Å². The van der Waals surface area contributed by atoms with Crippen LogP contribution in [0.1, 0.15) is 5.69 Å². The zero-order chi connectivity index (χ0) is 13.0. The fraction of sp³-hybridized carbons (Fsp3) is 0.231. The summed E-state index contributed by atoms with van der Waals surface area (Å²) >= 11 is 0. The topological polar surface area (TPSA) is 64.2 Å². The summed E-state index contributed by atoms with van der Waals surface area (Å²) in [5, 5.41) is 6.86. The van der Waals surface area contributed by atoms with Gasteiger partial charge in [0.15, 0.2) is 6.61 Å². The standard InChI is InChI=1S/C13H14N2O3/c1-9-12(7-14-15-9)10-4-3-5-11(6-10)18-8-13(16)17-2/h3-7H,8H2,1-2H3,(H,14,15). The third-order valence-corrected chi connectivity index (χ3v) is 2.56. The fourth-order valence-corrected chi connectivity index (χ4v) is 1.60. The number of benzene rings is 1. The van der Waals surface area contributed by atoms with Crippen LogP contribution in [0.5, 0.6) is 5.75 Å². The number of methoxy groups -OCH3 is 1. The van der Waals surface area contributed by atoms with E-state index in [0.717, 1.165) is 16.8 Å². The quantitative estimate of drug-likeness (QED) is 0.837.